The van der Waals surface area contributed by atoms with Gasteiger partial charge in [-0.3, -0.25) is 4.79 Å². The molecule has 0 spiro atoms. The summed E-state index contributed by atoms with van der Waals surface area (Å²) in [6.07, 6.45) is 0. The Morgan fingerprint density at radius 1 is 1.33 bits per heavy atom. The van der Waals surface area contributed by atoms with Crippen molar-refractivity contribution in [2.24, 2.45) is 0 Å². The van der Waals surface area contributed by atoms with Crippen molar-refractivity contribution >= 4 is 17.6 Å². The number of hydrogen-bond donors (Lipinski definition) is 2. The number of nitrogens with one attached hydrogen (secondary N) is 1. The predicted octanol–water partition coefficient (Wildman–Crippen LogP) is 2.80. The van der Waals surface area contributed by atoms with Crippen LogP contribution in [0.2, 0.25) is 5.02 Å². The highest BCUT2D eigenvalue weighted by Crippen LogP contribution is 2.36. The van der Waals surface area contributed by atoms with E-state index in [9.17, 15) is 14.7 Å². The number of aromatic hydroxyl groups is 1. The van der Waals surface area contributed by atoms with Gasteiger partial charge in [0.1, 0.15) is 10.8 Å². The number of carbonyl (C=O) groups excluding carboxylic acids is 1. The lowest BCUT2D eigenvalue weighted by Crippen LogP contribution is -2.10. The zero-order valence-electron chi connectivity index (χ0n) is 11.8. The SMILES string of the molecule is COC(=O)c1ccc(C)c(-c2c(C)[nH]c(=O)c(Cl)c2O)c1. The van der Waals surface area contributed by atoms with E-state index in [1.54, 1.807) is 25.1 Å². The van der Waals surface area contributed by atoms with E-state index >= 15 is 0 Å². The summed E-state index contributed by atoms with van der Waals surface area (Å²) < 4.78 is 4.69. The molecule has 0 aliphatic heterocycles. The first-order chi connectivity index (χ1) is 9.86. The van der Waals surface area contributed by atoms with Crippen LogP contribution in [0.5, 0.6) is 5.75 Å². The van der Waals surface area contributed by atoms with Crippen molar-refractivity contribution < 1.29 is 14.6 Å². The van der Waals surface area contributed by atoms with Crippen LogP contribution in [0.3, 0.4) is 0 Å². The molecular formula is C15H14ClNO4. The average Bonchev–Trinajstić information content (AvgIpc) is 2.46. The number of rotatable bonds is 2. The minimum atomic E-state index is -0.558. The molecule has 5 nitrogen and oxygen atoms in total. The quantitative estimate of drug-likeness (QED) is 0.836. The molecule has 6 heteroatoms. The maximum atomic E-state index is 11.6. The Morgan fingerprint density at radius 3 is 2.62 bits per heavy atom. The molecule has 0 amide bonds. The molecule has 0 unspecified atom stereocenters. The van der Waals surface area contributed by atoms with Crippen LogP contribution in [0.25, 0.3) is 11.1 Å². The number of hydrogen-bond acceptors (Lipinski definition) is 4. The van der Waals surface area contributed by atoms with Crippen LogP contribution in [-0.4, -0.2) is 23.2 Å². The van der Waals surface area contributed by atoms with Gasteiger partial charge < -0.3 is 14.8 Å². The monoisotopic (exact) mass is 307 g/mol. The average molecular weight is 308 g/mol. The fraction of sp³-hybridized carbons (Fsp3) is 0.200. The number of pyridine rings is 1. The maximum absolute atomic E-state index is 11.6. The van der Waals surface area contributed by atoms with Crippen LogP contribution in [0.1, 0.15) is 21.6 Å². The first-order valence-electron chi connectivity index (χ1n) is 6.17. The first kappa shape index (κ1) is 15.1. The Balaban J connectivity index is 2.76. The Hall–Kier alpha value is -2.27. The van der Waals surface area contributed by atoms with E-state index in [2.05, 4.69) is 9.72 Å². The van der Waals surface area contributed by atoms with E-state index in [-0.39, 0.29) is 10.8 Å². The molecule has 0 bridgehead atoms. The van der Waals surface area contributed by atoms with Gasteiger partial charge in [-0.15, -0.1) is 0 Å². The van der Waals surface area contributed by atoms with Gasteiger partial charge in [-0.05, 0) is 37.1 Å². The lowest BCUT2D eigenvalue weighted by molar-refractivity contribution is 0.0601. The zero-order chi connectivity index (χ0) is 15.7. The second-order valence-corrected chi connectivity index (χ2v) is 5.02. The zero-order valence-corrected chi connectivity index (χ0v) is 12.5. The van der Waals surface area contributed by atoms with Gasteiger partial charge in [0.15, 0.2) is 0 Å². The number of H-pyrrole nitrogens is 1. The lowest BCUT2D eigenvalue weighted by Gasteiger charge is -2.13. The fourth-order valence-corrected chi connectivity index (χ4v) is 2.29. The summed E-state index contributed by atoms with van der Waals surface area (Å²) in [6, 6.07) is 4.96. The number of benzene rings is 1. The molecule has 0 radical (unpaired) electrons. The fourth-order valence-electron chi connectivity index (χ4n) is 2.15. The largest absolute Gasteiger partial charge is 0.505 e. The highest BCUT2D eigenvalue weighted by molar-refractivity contribution is 6.32. The van der Waals surface area contributed by atoms with Gasteiger partial charge in [-0.2, -0.15) is 0 Å². The minimum Gasteiger partial charge on any atom is -0.505 e. The minimum absolute atomic E-state index is 0.279. The Kier molecular flexibility index (Phi) is 4.04. The van der Waals surface area contributed by atoms with Crippen molar-refractivity contribution in [2.75, 3.05) is 7.11 Å². The summed E-state index contributed by atoms with van der Waals surface area (Å²) in [5, 5.41) is 9.88. The molecule has 21 heavy (non-hydrogen) atoms. The van der Waals surface area contributed by atoms with Crippen molar-refractivity contribution in [3.05, 3.63) is 50.4 Å². The number of carbonyl (C=O) groups is 1. The highest BCUT2D eigenvalue weighted by Gasteiger charge is 2.18. The molecule has 0 saturated carbocycles. The van der Waals surface area contributed by atoms with Gasteiger partial charge >= 0.3 is 5.97 Å². The van der Waals surface area contributed by atoms with Gasteiger partial charge in [0.05, 0.1) is 12.7 Å². The Morgan fingerprint density at radius 2 is 2.00 bits per heavy atom. The summed E-state index contributed by atoms with van der Waals surface area (Å²) >= 11 is 5.80. The van der Waals surface area contributed by atoms with Crippen LogP contribution in [0.4, 0.5) is 0 Å². The molecule has 1 heterocycles. The van der Waals surface area contributed by atoms with Gasteiger partial charge in [0.25, 0.3) is 5.56 Å². The van der Waals surface area contributed by atoms with E-state index in [1.165, 1.54) is 7.11 Å². The van der Waals surface area contributed by atoms with E-state index in [1.807, 2.05) is 6.92 Å². The molecule has 0 fully saturated rings. The molecule has 0 aliphatic rings. The van der Waals surface area contributed by atoms with Crippen LogP contribution in [-0.2, 0) is 4.74 Å². The molecular weight excluding hydrogens is 294 g/mol. The molecule has 2 aromatic rings. The van der Waals surface area contributed by atoms with E-state index in [4.69, 9.17) is 11.6 Å². The standard InChI is InChI=1S/C15H14ClNO4/c1-7-4-5-9(15(20)21-3)6-10(7)11-8(2)17-14(19)12(16)13(11)18/h4-6H,1-3H3,(H2,17,18,19). The molecule has 0 saturated heterocycles. The Bertz CT molecular complexity index is 780. The molecule has 2 rings (SSSR count). The van der Waals surface area contributed by atoms with Crippen molar-refractivity contribution in [3.8, 4) is 16.9 Å². The molecule has 0 aliphatic carbocycles. The normalized spacial score (nSPS) is 10.5. The second-order valence-electron chi connectivity index (χ2n) is 4.64. The van der Waals surface area contributed by atoms with Crippen LogP contribution in [0, 0.1) is 13.8 Å². The summed E-state index contributed by atoms with van der Waals surface area (Å²) in [5.74, 6) is -0.785. The third kappa shape index (κ3) is 2.64. The Labute approximate surface area is 126 Å². The number of methoxy groups -OCH3 is 1. The summed E-state index contributed by atoms with van der Waals surface area (Å²) in [5.41, 5.74) is 2.07. The van der Waals surface area contributed by atoms with Gasteiger partial charge in [-0.1, -0.05) is 17.7 Å². The molecule has 0 atom stereocenters. The number of aromatic amines is 1. The molecule has 2 N–H and O–H groups in total. The van der Waals surface area contributed by atoms with Crippen molar-refractivity contribution in [1.29, 1.82) is 0 Å². The number of ether oxygens (including phenoxy) is 1. The van der Waals surface area contributed by atoms with E-state index in [0.717, 1.165) is 5.56 Å². The van der Waals surface area contributed by atoms with Crippen molar-refractivity contribution in [3.63, 3.8) is 0 Å². The highest BCUT2D eigenvalue weighted by atomic mass is 35.5. The van der Waals surface area contributed by atoms with Crippen LogP contribution < -0.4 is 5.56 Å². The van der Waals surface area contributed by atoms with E-state index < -0.39 is 11.5 Å². The number of aromatic nitrogens is 1. The topological polar surface area (TPSA) is 79.4 Å². The second kappa shape index (κ2) is 5.61. The predicted molar refractivity (Wildman–Crippen MR) is 80.0 cm³/mol. The van der Waals surface area contributed by atoms with Gasteiger partial charge in [-0.25, -0.2) is 4.79 Å². The summed E-state index contributed by atoms with van der Waals surface area (Å²) in [4.78, 5) is 25.7. The maximum Gasteiger partial charge on any atom is 0.337 e. The summed E-state index contributed by atoms with van der Waals surface area (Å²) in [6.45, 7) is 3.48. The molecule has 1 aromatic heterocycles. The van der Waals surface area contributed by atoms with Gasteiger partial charge in [0.2, 0.25) is 0 Å². The number of esters is 1. The van der Waals surface area contributed by atoms with Gasteiger partial charge in [0, 0.05) is 11.3 Å². The van der Waals surface area contributed by atoms with Crippen molar-refractivity contribution in [2.45, 2.75) is 13.8 Å². The smallest absolute Gasteiger partial charge is 0.337 e. The lowest BCUT2D eigenvalue weighted by atomic mass is 9.96. The third-order valence-electron chi connectivity index (χ3n) is 3.25. The van der Waals surface area contributed by atoms with Crippen molar-refractivity contribution in [1.82, 2.24) is 4.98 Å². The number of halogens is 1. The van der Waals surface area contributed by atoms with Crippen LogP contribution >= 0.6 is 11.6 Å². The third-order valence-corrected chi connectivity index (χ3v) is 3.60. The first-order valence-corrected chi connectivity index (χ1v) is 6.55. The summed E-state index contributed by atoms with van der Waals surface area (Å²) in [7, 11) is 1.29. The van der Waals surface area contributed by atoms with E-state index in [0.29, 0.717) is 22.4 Å². The molecule has 1 aromatic carbocycles. The number of aryl methyl sites for hydroxylation is 2. The van der Waals surface area contributed by atoms with Crippen LogP contribution in [0.15, 0.2) is 23.0 Å². The molecule has 110 valence electrons.